The molecule has 0 spiro atoms. The van der Waals surface area contributed by atoms with Crippen LogP contribution in [0.2, 0.25) is 0 Å². The summed E-state index contributed by atoms with van der Waals surface area (Å²) < 4.78 is 5.51. The van der Waals surface area contributed by atoms with E-state index in [-0.39, 0.29) is 23.9 Å². The Balaban J connectivity index is 0.00000324. The van der Waals surface area contributed by atoms with Crippen molar-refractivity contribution in [2.24, 2.45) is 5.73 Å². The van der Waals surface area contributed by atoms with E-state index in [4.69, 9.17) is 10.5 Å². The molecule has 1 rings (SSSR count). The van der Waals surface area contributed by atoms with Gasteiger partial charge in [0.15, 0.2) is 0 Å². The third-order valence-corrected chi connectivity index (χ3v) is 3.47. The molecule has 110 valence electrons. The maximum absolute atomic E-state index is 6.07. The van der Waals surface area contributed by atoms with Crippen LogP contribution in [0, 0.1) is 6.92 Å². The van der Waals surface area contributed by atoms with Crippen molar-refractivity contribution >= 4 is 12.4 Å². The molecule has 0 aliphatic rings. The van der Waals surface area contributed by atoms with Gasteiger partial charge in [-0.25, -0.2) is 0 Å². The Morgan fingerprint density at radius 3 is 2.26 bits per heavy atom. The molecule has 0 aliphatic carbocycles. The van der Waals surface area contributed by atoms with Crippen LogP contribution in [0.4, 0.5) is 0 Å². The lowest BCUT2D eigenvalue weighted by atomic mass is 9.83. The number of benzene rings is 1. The Hall–Kier alpha value is -0.730. The van der Waals surface area contributed by atoms with E-state index in [1.807, 2.05) is 0 Å². The van der Waals surface area contributed by atoms with Crippen LogP contribution in [0.5, 0.6) is 5.75 Å². The van der Waals surface area contributed by atoms with Crippen molar-refractivity contribution < 1.29 is 4.74 Å². The molecule has 0 bridgehead atoms. The van der Waals surface area contributed by atoms with E-state index < -0.39 is 0 Å². The molecule has 0 aliphatic heterocycles. The fourth-order valence-corrected chi connectivity index (χ4v) is 2.13. The lowest BCUT2D eigenvalue weighted by molar-refractivity contribution is 0.396. The molecule has 2 nitrogen and oxygen atoms in total. The summed E-state index contributed by atoms with van der Waals surface area (Å²) in [6.45, 7) is 10.9. The minimum Gasteiger partial charge on any atom is -0.496 e. The molecule has 1 aromatic carbocycles. The Morgan fingerprint density at radius 1 is 1.26 bits per heavy atom. The van der Waals surface area contributed by atoms with Crippen LogP contribution in [0.15, 0.2) is 12.1 Å². The summed E-state index contributed by atoms with van der Waals surface area (Å²) in [7, 11) is 1.74. The molecule has 0 amide bonds. The van der Waals surface area contributed by atoms with Crippen LogP contribution in [0.3, 0.4) is 0 Å². The maximum Gasteiger partial charge on any atom is 0.122 e. The van der Waals surface area contributed by atoms with Gasteiger partial charge in [0.1, 0.15) is 5.75 Å². The fraction of sp³-hybridized carbons (Fsp3) is 0.625. The summed E-state index contributed by atoms with van der Waals surface area (Å²) >= 11 is 0. The van der Waals surface area contributed by atoms with Gasteiger partial charge in [-0.2, -0.15) is 0 Å². The Kier molecular flexibility index (Phi) is 6.88. The third-order valence-electron chi connectivity index (χ3n) is 3.47. The first-order chi connectivity index (χ1) is 8.29. The van der Waals surface area contributed by atoms with Crippen molar-refractivity contribution in [3.63, 3.8) is 0 Å². The lowest BCUT2D eigenvalue weighted by Gasteiger charge is -2.24. The summed E-state index contributed by atoms with van der Waals surface area (Å²) in [5.41, 5.74) is 10.0. The monoisotopic (exact) mass is 285 g/mol. The molecule has 3 heteroatoms. The molecular weight excluding hydrogens is 258 g/mol. The van der Waals surface area contributed by atoms with E-state index in [9.17, 15) is 0 Å². The smallest absolute Gasteiger partial charge is 0.122 e. The van der Waals surface area contributed by atoms with Gasteiger partial charge in [0.05, 0.1) is 7.11 Å². The van der Waals surface area contributed by atoms with Crippen molar-refractivity contribution in [2.45, 2.75) is 58.9 Å². The van der Waals surface area contributed by atoms with Gasteiger partial charge in [0.2, 0.25) is 0 Å². The number of methoxy groups -OCH3 is 1. The number of hydrogen-bond acceptors (Lipinski definition) is 2. The van der Waals surface area contributed by atoms with E-state index in [0.717, 1.165) is 18.6 Å². The fourth-order valence-electron chi connectivity index (χ4n) is 2.13. The first-order valence-electron chi connectivity index (χ1n) is 6.73. The summed E-state index contributed by atoms with van der Waals surface area (Å²) in [6, 6.07) is 4.65. The van der Waals surface area contributed by atoms with Crippen molar-refractivity contribution in [1.82, 2.24) is 0 Å². The normalized spacial score (nSPS) is 12.8. The second-order valence-electron chi connectivity index (χ2n) is 6.10. The van der Waals surface area contributed by atoms with Gasteiger partial charge in [-0.05, 0) is 47.9 Å². The van der Waals surface area contributed by atoms with E-state index in [0.29, 0.717) is 0 Å². The van der Waals surface area contributed by atoms with Gasteiger partial charge in [-0.1, -0.05) is 33.8 Å². The van der Waals surface area contributed by atoms with Crippen LogP contribution in [0.1, 0.15) is 50.8 Å². The summed E-state index contributed by atoms with van der Waals surface area (Å²) in [5, 5.41) is 0. The van der Waals surface area contributed by atoms with Gasteiger partial charge < -0.3 is 10.5 Å². The first kappa shape index (κ1) is 18.3. The first-order valence-corrected chi connectivity index (χ1v) is 6.73. The standard InChI is InChI=1S/C16H27NO.ClH/c1-7-13(17)9-12-10-14(16(3,4)5)15(18-6)8-11(12)2;/h8,10,13H,7,9,17H2,1-6H3;1H. The largest absolute Gasteiger partial charge is 0.496 e. The van der Waals surface area contributed by atoms with Gasteiger partial charge in [0.25, 0.3) is 0 Å². The van der Waals surface area contributed by atoms with Crippen molar-refractivity contribution in [3.8, 4) is 5.75 Å². The van der Waals surface area contributed by atoms with Crippen LogP contribution in [-0.4, -0.2) is 13.2 Å². The SMILES string of the molecule is CCC(N)Cc1cc(C(C)(C)C)c(OC)cc1C.Cl. The van der Waals surface area contributed by atoms with Crippen LogP contribution in [-0.2, 0) is 11.8 Å². The molecule has 2 N–H and O–H groups in total. The molecule has 1 aromatic rings. The summed E-state index contributed by atoms with van der Waals surface area (Å²) in [4.78, 5) is 0. The zero-order chi connectivity index (χ0) is 13.9. The second kappa shape index (κ2) is 7.16. The van der Waals surface area contributed by atoms with Crippen LogP contribution < -0.4 is 10.5 Å². The second-order valence-corrected chi connectivity index (χ2v) is 6.10. The van der Waals surface area contributed by atoms with Gasteiger partial charge >= 0.3 is 0 Å². The molecule has 0 saturated carbocycles. The van der Waals surface area contributed by atoms with Crippen LogP contribution >= 0.6 is 12.4 Å². The molecule has 1 atom stereocenters. The van der Waals surface area contributed by atoms with Gasteiger partial charge in [-0.3, -0.25) is 0 Å². The predicted molar refractivity (Wildman–Crippen MR) is 85.6 cm³/mol. The molecule has 1 unspecified atom stereocenters. The van der Waals surface area contributed by atoms with E-state index in [2.05, 4.69) is 46.8 Å². The highest BCUT2D eigenvalue weighted by Crippen LogP contribution is 2.34. The molecule has 0 aromatic heterocycles. The van der Waals surface area contributed by atoms with Gasteiger partial charge in [-0.15, -0.1) is 12.4 Å². The van der Waals surface area contributed by atoms with Crippen LogP contribution in [0.25, 0.3) is 0 Å². The molecule has 0 heterocycles. The van der Waals surface area contributed by atoms with Crippen molar-refractivity contribution in [2.75, 3.05) is 7.11 Å². The van der Waals surface area contributed by atoms with E-state index in [1.54, 1.807) is 7.11 Å². The summed E-state index contributed by atoms with van der Waals surface area (Å²) in [6.07, 6.45) is 1.95. The number of aryl methyl sites for hydroxylation is 1. The summed E-state index contributed by atoms with van der Waals surface area (Å²) in [5.74, 6) is 0.980. The molecule has 0 saturated heterocycles. The highest BCUT2D eigenvalue weighted by Gasteiger charge is 2.20. The van der Waals surface area contributed by atoms with Crippen molar-refractivity contribution in [1.29, 1.82) is 0 Å². The number of rotatable bonds is 4. The minimum atomic E-state index is 0. The highest BCUT2D eigenvalue weighted by atomic mass is 35.5. The molecular formula is C16H28ClNO. The highest BCUT2D eigenvalue weighted by molar-refractivity contribution is 5.85. The molecule has 0 fully saturated rings. The Labute approximate surface area is 124 Å². The van der Waals surface area contributed by atoms with E-state index in [1.165, 1.54) is 16.7 Å². The predicted octanol–water partition coefficient (Wildman–Crippen LogP) is 4.00. The average molecular weight is 286 g/mol. The number of nitrogens with two attached hydrogens (primary N) is 1. The zero-order valence-electron chi connectivity index (χ0n) is 13.0. The minimum absolute atomic E-state index is 0. The topological polar surface area (TPSA) is 35.2 Å². The maximum atomic E-state index is 6.07. The van der Waals surface area contributed by atoms with Gasteiger partial charge in [0, 0.05) is 6.04 Å². The number of halogens is 1. The quantitative estimate of drug-likeness (QED) is 0.907. The third kappa shape index (κ3) is 4.70. The Bertz CT molecular complexity index is 410. The number of ether oxygens (including phenoxy) is 1. The molecule has 19 heavy (non-hydrogen) atoms. The zero-order valence-corrected chi connectivity index (χ0v) is 13.9. The Morgan fingerprint density at radius 2 is 1.84 bits per heavy atom. The van der Waals surface area contributed by atoms with E-state index >= 15 is 0 Å². The lowest BCUT2D eigenvalue weighted by Crippen LogP contribution is -2.22. The molecule has 0 radical (unpaired) electrons. The van der Waals surface area contributed by atoms with Crippen molar-refractivity contribution in [3.05, 3.63) is 28.8 Å². The number of hydrogen-bond donors (Lipinski definition) is 1. The average Bonchev–Trinajstić information content (AvgIpc) is 2.29.